The number of aromatic nitrogens is 2. The molecule has 5 aromatic carbocycles. The van der Waals surface area contributed by atoms with Gasteiger partial charge in [0.2, 0.25) is 0 Å². The van der Waals surface area contributed by atoms with Crippen LogP contribution in [-0.4, -0.2) is 8.07 Å². The number of hydrogen-bond acceptors (Lipinski definition) is 1. The van der Waals surface area contributed by atoms with Crippen LogP contribution in [-0.2, 0) is 26.5 Å². The Kier molecular flexibility index (Phi) is 13.3. The molecule has 3 heterocycles. The first-order chi connectivity index (χ1) is 28.7. The smallest absolute Gasteiger partial charge is 0.141 e. The molecule has 1 unspecified atom stereocenters. The van der Waals surface area contributed by atoms with Gasteiger partial charge in [0.15, 0.2) is 0 Å². The Morgan fingerprint density at radius 1 is 0.677 bits per heavy atom. The van der Waals surface area contributed by atoms with E-state index in [2.05, 4.69) is 193 Å². The zero-order chi connectivity index (χ0) is 44.1. The van der Waals surface area contributed by atoms with Crippen LogP contribution in [0.4, 0.5) is 4.39 Å². The second kappa shape index (κ2) is 17.8. The van der Waals surface area contributed by atoms with Gasteiger partial charge < -0.3 is 13.6 Å². The van der Waals surface area contributed by atoms with Crippen LogP contribution in [0.25, 0.3) is 66.4 Å². The molecule has 3 nitrogen and oxygen atoms in total. The predicted molar refractivity (Wildman–Crippen MR) is 259 cm³/mol. The molecule has 0 aliphatic carbocycles. The fourth-order valence-electron chi connectivity index (χ4n) is 8.57. The second-order valence-corrected chi connectivity index (χ2v) is 24.5. The molecule has 8 aromatic rings. The normalized spacial score (nSPS) is 12.4. The molecule has 62 heavy (non-hydrogen) atoms. The van der Waals surface area contributed by atoms with E-state index in [1.807, 2.05) is 9.13 Å². The van der Waals surface area contributed by atoms with Crippen LogP contribution in [0.3, 0.4) is 0 Å². The maximum absolute atomic E-state index is 13.8. The first-order valence-electron chi connectivity index (χ1n) is 21.4. The van der Waals surface area contributed by atoms with Crippen LogP contribution in [0.2, 0.25) is 19.6 Å². The Hall–Kier alpha value is -5.26. The van der Waals surface area contributed by atoms with E-state index in [-0.39, 0.29) is 31.3 Å². The van der Waals surface area contributed by atoms with Crippen molar-refractivity contribution in [2.45, 2.75) is 80.4 Å². The van der Waals surface area contributed by atoms with Crippen LogP contribution >= 0.6 is 0 Å². The zero-order valence-corrected chi connectivity index (χ0v) is 41.6. The molecule has 6 heteroatoms. The number of para-hydroxylation sites is 1. The van der Waals surface area contributed by atoms with Crippen molar-refractivity contribution in [1.82, 2.24) is 0 Å². The molecule has 8 rings (SSSR count). The van der Waals surface area contributed by atoms with Gasteiger partial charge in [0, 0.05) is 50.5 Å². The average molecular weight is 1020 g/mol. The van der Waals surface area contributed by atoms with Crippen molar-refractivity contribution in [2.24, 2.45) is 11.3 Å². The number of fused-ring (bicyclic) bond motifs is 4. The third-order valence-corrected chi connectivity index (χ3v) is 14.2. The quantitative estimate of drug-likeness (QED) is 0.0885. The minimum atomic E-state index is -1.52. The largest absolute Gasteiger partial charge is 0.469 e. The van der Waals surface area contributed by atoms with Gasteiger partial charge in [-0.3, -0.25) is 0 Å². The van der Waals surface area contributed by atoms with E-state index in [1.165, 1.54) is 44.3 Å². The molecule has 0 saturated carbocycles. The monoisotopic (exact) mass is 1020 g/mol. The number of benzene rings is 5. The van der Waals surface area contributed by atoms with Crippen molar-refractivity contribution in [3.8, 4) is 33.6 Å². The summed E-state index contributed by atoms with van der Waals surface area (Å²) in [4.78, 5) is 0. The number of furan rings is 1. The molecule has 0 spiro atoms. The summed E-state index contributed by atoms with van der Waals surface area (Å²) in [6.07, 6.45) is 5.26. The molecule has 0 saturated heterocycles. The Morgan fingerprint density at radius 3 is 1.98 bits per heavy atom. The molecular formula is C56H61FIrN2OSi-2. The first kappa shape index (κ1) is 46.2. The fourth-order valence-corrected chi connectivity index (χ4v) is 10.3. The van der Waals surface area contributed by atoms with Crippen molar-refractivity contribution >= 4 is 46.0 Å². The fraction of sp³-hybridized carbons (Fsp3) is 0.250. The minimum Gasteiger partial charge on any atom is -0.469 e. The van der Waals surface area contributed by atoms with E-state index in [4.69, 9.17) is 4.42 Å². The van der Waals surface area contributed by atoms with Crippen LogP contribution in [0.1, 0.15) is 75.3 Å². The van der Waals surface area contributed by atoms with Crippen LogP contribution in [0.5, 0.6) is 0 Å². The molecule has 0 aliphatic rings. The van der Waals surface area contributed by atoms with Crippen LogP contribution < -0.4 is 14.3 Å². The Morgan fingerprint density at radius 2 is 1.29 bits per heavy atom. The number of halogens is 1. The van der Waals surface area contributed by atoms with E-state index in [0.29, 0.717) is 11.8 Å². The van der Waals surface area contributed by atoms with E-state index in [0.717, 1.165) is 67.6 Å². The summed E-state index contributed by atoms with van der Waals surface area (Å²) < 4.78 is 24.4. The molecule has 0 aliphatic heterocycles. The molecule has 323 valence electrons. The third kappa shape index (κ3) is 9.25. The third-order valence-electron chi connectivity index (χ3n) is 12.1. The minimum absolute atomic E-state index is 0. The summed E-state index contributed by atoms with van der Waals surface area (Å²) in [5.41, 5.74) is 13.7. The molecule has 0 amide bonds. The Balaban J connectivity index is 0.000000224. The zero-order valence-electron chi connectivity index (χ0n) is 38.2. The van der Waals surface area contributed by atoms with Gasteiger partial charge in [0.1, 0.15) is 5.58 Å². The number of hydrogen-bond donors (Lipinski definition) is 0. The van der Waals surface area contributed by atoms with E-state index in [1.54, 1.807) is 12.1 Å². The summed E-state index contributed by atoms with van der Waals surface area (Å²) in [6, 6.07) is 34.9. The molecule has 3 aromatic heterocycles. The summed E-state index contributed by atoms with van der Waals surface area (Å²) >= 11 is 0. The van der Waals surface area contributed by atoms with Gasteiger partial charge in [-0.05, 0) is 57.7 Å². The summed E-state index contributed by atoms with van der Waals surface area (Å²) in [5.74, 6) is 0.735. The average Bonchev–Trinajstić information content (AvgIpc) is 3.58. The Bertz CT molecular complexity index is 2930. The topological polar surface area (TPSA) is 20.9 Å². The number of pyridine rings is 2. The second-order valence-electron chi connectivity index (χ2n) is 19.4. The van der Waals surface area contributed by atoms with Crippen molar-refractivity contribution in [1.29, 1.82) is 0 Å². The van der Waals surface area contributed by atoms with Crippen molar-refractivity contribution < 1.29 is 38.0 Å². The van der Waals surface area contributed by atoms with E-state index in [9.17, 15) is 4.39 Å². The van der Waals surface area contributed by atoms with Crippen molar-refractivity contribution in [3.63, 3.8) is 0 Å². The summed E-state index contributed by atoms with van der Waals surface area (Å²) in [7, 11) is 7.00. The van der Waals surface area contributed by atoms with Crippen LogP contribution in [0.15, 0.2) is 120 Å². The van der Waals surface area contributed by atoms with Gasteiger partial charge in [0.25, 0.3) is 0 Å². The van der Waals surface area contributed by atoms with Crippen molar-refractivity contribution in [3.05, 3.63) is 177 Å². The number of rotatable bonds is 7. The molecule has 1 atom stereocenters. The van der Waals surface area contributed by atoms with Gasteiger partial charge in [-0.25, -0.2) is 4.39 Å². The molecular weight excluding hydrogens is 956 g/mol. The van der Waals surface area contributed by atoms with Crippen LogP contribution in [0, 0.1) is 52.0 Å². The van der Waals surface area contributed by atoms with E-state index >= 15 is 0 Å². The molecule has 0 fully saturated rings. The molecule has 0 N–H and O–H groups in total. The standard InChI is InChI=1S/C35H32NO.C21H29FNSi.Ir/c1-22-17-18-30-29-16-10-15-28(27-14-9-12-24-11-7-8-13-26(24)27)33(29)37-34(30)32(22)31-19-25(20-35(3,4)5)23(2)21-36(31)6;1-14(2)16(4)19-12-20(18-11-17(22)10-9-15(18)3)23(5)13-21(19)24(6,7)8;/h7-19,21H,1,6,20H2,2-5H3;9-14,16H,3,5H2,1-2,4,6-8H3;/q2*-1;. The maximum Gasteiger partial charge on any atom is 0.141 e. The summed E-state index contributed by atoms with van der Waals surface area (Å²) in [6.45, 7) is 31.3. The summed E-state index contributed by atoms with van der Waals surface area (Å²) in [5, 5.41) is 6.07. The first-order valence-corrected chi connectivity index (χ1v) is 24.9. The van der Waals surface area contributed by atoms with Gasteiger partial charge in [-0.2, -0.15) is 37.1 Å². The number of nitrogens with zero attached hydrogens (tertiary/aromatic N) is 2. The SMILES string of the molecule is [CH2-]c1ccc(F)cc1-c1cc(C(C)C(C)C)c([Si](C)(C)C)c[n+]1[CH2-].[CH2-]c1ccc2c(oc3c(-c4cccc5ccccc45)cccc32)c1-c1cc(CC(C)(C)C)c(C)c[n+]1[CH2-].[Ir]. The Labute approximate surface area is 384 Å². The van der Waals surface area contributed by atoms with Gasteiger partial charge in [-0.15, -0.1) is 11.6 Å². The van der Waals surface area contributed by atoms with E-state index < -0.39 is 8.07 Å². The van der Waals surface area contributed by atoms with Gasteiger partial charge in [-0.1, -0.05) is 163 Å². The maximum atomic E-state index is 13.8. The molecule has 0 bridgehead atoms. The van der Waals surface area contributed by atoms with Crippen molar-refractivity contribution in [2.75, 3.05) is 0 Å². The van der Waals surface area contributed by atoms with Gasteiger partial charge >= 0.3 is 0 Å². The van der Waals surface area contributed by atoms with Gasteiger partial charge in [0.05, 0.1) is 43.3 Å². The number of aryl methyl sites for hydroxylation is 1. The predicted octanol–water partition coefficient (Wildman–Crippen LogP) is 14.0. The molecule has 1 radical (unpaired) electrons.